The molecule has 1 aliphatic heterocycles. The Labute approximate surface area is 218 Å². The first-order valence-corrected chi connectivity index (χ1v) is 15.2. The van der Waals surface area contributed by atoms with E-state index in [1.165, 1.54) is 6.26 Å². The van der Waals surface area contributed by atoms with Gasteiger partial charge in [-0.05, 0) is 69.7 Å². The van der Waals surface area contributed by atoms with Gasteiger partial charge in [-0.25, -0.2) is 13.4 Å². The first kappa shape index (κ1) is 25.5. The molecule has 2 N–H and O–H groups in total. The summed E-state index contributed by atoms with van der Waals surface area (Å²) < 4.78 is 26.0. The van der Waals surface area contributed by atoms with Crippen molar-refractivity contribution in [2.75, 3.05) is 36.1 Å². The highest BCUT2D eigenvalue weighted by Gasteiger charge is 2.28. The van der Waals surface area contributed by atoms with Gasteiger partial charge in [0, 0.05) is 61.3 Å². The molecule has 3 aromatic rings. The highest BCUT2D eigenvalue weighted by Crippen LogP contribution is 2.32. The minimum absolute atomic E-state index is 0.0999. The first-order chi connectivity index (χ1) is 17.8. The number of anilines is 2. The van der Waals surface area contributed by atoms with Crippen LogP contribution in [0.1, 0.15) is 45.4 Å². The molecular weight excluding hydrogens is 488 g/mol. The Kier molecular flexibility index (Phi) is 7.37. The van der Waals surface area contributed by atoms with E-state index < -0.39 is 9.84 Å². The molecule has 9 nitrogen and oxygen atoms in total. The molecule has 5 rings (SSSR count). The molecule has 0 radical (unpaired) electrons. The Morgan fingerprint density at radius 2 is 1.81 bits per heavy atom. The van der Waals surface area contributed by atoms with E-state index in [1.807, 2.05) is 25.3 Å². The van der Waals surface area contributed by atoms with Crippen LogP contribution in [-0.4, -0.2) is 66.0 Å². The lowest BCUT2D eigenvalue weighted by Crippen LogP contribution is -2.39. The topological polar surface area (TPSA) is 109 Å². The van der Waals surface area contributed by atoms with Crippen LogP contribution in [0.4, 0.5) is 11.6 Å². The highest BCUT2D eigenvalue weighted by molar-refractivity contribution is 7.91. The number of piperidine rings is 1. The van der Waals surface area contributed by atoms with E-state index in [0.717, 1.165) is 61.2 Å². The number of nitrogens with zero attached hydrogens (tertiary/aromatic N) is 4. The van der Waals surface area contributed by atoms with Crippen molar-refractivity contribution >= 4 is 38.3 Å². The third kappa shape index (κ3) is 5.58. The molecule has 3 heterocycles. The van der Waals surface area contributed by atoms with Gasteiger partial charge in [0.2, 0.25) is 11.9 Å². The number of benzene rings is 1. The van der Waals surface area contributed by atoms with E-state index in [1.54, 1.807) is 6.20 Å². The largest absolute Gasteiger partial charge is 0.371 e. The molecule has 1 saturated heterocycles. The zero-order chi connectivity index (χ0) is 26.0. The fourth-order valence-electron chi connectivity index (χ4n) is 5.71. The maximum Gasteiger partial charge on any atom is 0.224 e. The molecule has 0 spiro atoms. The van der Waals surface area contributed by atoms with Gasteiger partial charge in [0.25, 0.3) is 0 Å². The minimum atomic E-state index is -3.00. The van der Waals surface area contributed by atoms with Gasteiger partial charge >= 0.3 is 0 Å². The van der Waals surface area contributed by atoms with Crippen LogP contribution in [0, 0.1) is 5.92 Å². The van der Waals surface area contributed by atoms with Gasteiger partial charge in [0.1, 0.15) is 15.7 Å². The Hall–Kier alpha value is -3.14. The molecule has 198 valence electrons. The zero-order valence-corrected chi connectivity index (χ0v) is 22.4. The number of carbonyl (C=O) groups excluding carboxylic acids is 1. The van der Waals surface area contributed by atoms with Gasteiger partial charge in [-0.3, -0.25) is 4.79 Å². The molecule has 10 heteroatoms. The van der Waals surface area contributed by atoms with Crippen LogP contribution in [0.2, 0.25) is 0 Å². The molecule has 37 heavy (non-hydrogen) atoms. The summed E-state index contributed by atoms with van der Waals surface area (Å²) in [6, 6.07) is 10.5. The molecular formula is C27H36N6O3S. The first-order valence-electron chi connectivity index (χ1n) is 13.2. The summed E-state index contributed by atoms with van der Waals surface area (Å²) >= 11 is 0. The van der Waals surface area contributed by atoms with Crippen molar-refractivity contribution in [3.8, 4) is 5.82 Å². The molecule has 0 atom stereocenters. The van der Waals surface area contributed by atoms with Gasteiger partial charge in [0.05, 0.1) is 10.8 Å². The second-order valence-corrected chi connectivity index (χ2v) is 12.6. The molecule has 2 aromatic heterocycles. The second-order valence-electron chi connectivity index (χ2n) is 10.2. The van der Waals surface area contributed by atoms with Gasteiger partial charge in [-0.15, -0.1) is 0 Å². The molecule has 0 unspecified atom stereocenters. The average molecular weight is 525 g/mol. The summed E-state index contributed by atoms with van der Waals surface area (Å²) in [5.74, 6) is 1.65. The van der Waals surface area contributed by atoms with Crippen molar-refractivity contribution in [1.29, 1.82) is 0 Å². The van der Waals surface area contributed by atoms with Gasteiger partial charge in [-0.2, -0.15) is 4.98 Å². The predicted molar refractivity (Wildman–Crippen MR) is 147 cm³/mol. The standard InChI is InChI=1S/C27H36N6O3S/c1-3-28-26(34)19-7-9-20(10-8-19)30-27-29-15-11-25(31-27)33-18-14-22-23(5-4-6-24(22)33)32-16-12-21(13-17-32)37(2,35)36/h4-6,11,14-15,18-21H,3,7-10,12-13,16-17H2,1-2H3,(H,28,34)(H,29,30,31). The maximum atomic E-state index is 12.1. The van der Waals surface area contributed by atoms with Crippen molar-refractivity contribution in [2.24, 2.45) is 5.92 Å². The Bertz CT molecular complexity index is 1360. The normalized spacial score (nSPS) is 21.2. The fraction of sp³-hybridized carbons (Fsp3) is 0.519. The van der Waals surface area contributed by atoms with Crippen molar-refractivity contribution in [3.63, 3.8) is 0 Å². The smallest absolute Gasteiger partial charge is 0.224 e. The molecule has 1 amide bonds. The lowest BCUT2D eigenvalue weighted by atomic mass is 9.85. The Morgan fingerprint density at radius 3 is 2.51 bits per heavy atom. The summed E-state index contributed by atoms with van der Waals surface area (Å²) in [7, 11) is -3.00. The number of aromatic nitrogens is 3. The van der Waals surface area contributed by atoms with Crippen LogP contribution in [-0.2, 0) is 14.6 Å². The predicted octanol–water partition coefficient (Wildman–Crippen LogP) is 3.54. The number of hydrogen-bond donors (Lipinski definition) is 2. The summed E-state index contributed by atoms with van der Waals surface area (Å²) in [4.78, 5) is 23.7. The quantitative estimate of drug-likeness (QED) is 0.487. The number of amides is 1. The summed E-state index contributed by atoms with van der Waals surface area (Å²) in [5, 5.41) is 7.29. The van der Waals surface area contributed by atoms with Gasteiger partial charge in [0.15, 0.2) is 0 Å². The van der Waals surface area contributed by atoms with E-state index in [9.17, 15) is 13.2 Å². The van der Waals surface area contributed by atoms with Crippen molar-refractivity contribution in [3.05, 3.63) is 42.7 Å². The van der Waals surface area contributed by atoms with Crippen LogP contribution < -0.4 is 15.5 Å². The highest BCUT2D eigenvalue weighted by atomic mass is 32.2. The second kappa shape index (κ2) is 10.7. The van der Waals surface area contributed by atoms with E-state index in [2.05, 4.69) is 43.3 Å². The Morgan fingerprint density at radius 1 is 1.05 bits per heavy atom. The van der Waals surface area contributed by atoms with E-state index in [-0.39, 0.29) is 23.1 Å². The van der Waals surface area contributed by atoms with E-state index in [0.29, 0.717) is 25.3 Å². The number of nitrogens with one attached hydrogen (secondary N) is 2. The van der Waals surface area contributed by atoms with Crippen LogP contribution in [0.5, 0.6) is 0 Å². The lowest BCUT2D eigenvalue weighted by Gasteiger charge is -2.33. The van der Waals surface area contributed by atoms with Crippen LogP contribution in [0.15, 0.2) is 42.7 Å². The fourth-order valence-corrected chi connectivity index (χ4v) is 6.77. The molecule has 0 bridgehead atoms. The number of fused-ring (bicyclic) bond motifs is 1. The SMILES string of the molecule is CCNC(=O)C1CCC(Nc2nccc(-n3ccc4c(N5CCC(S(C)(=O)=O)CC5)cccc43)n2)CC1. The third-order valence-corrected chi connectivity index (χ3v) is 9.45. The lowest BCUT2D eigenvalue weighted by molar-refractivity contribution is -0.125. The average Bonchev–Trinajstić information content (AvgIpc) is 3.33. The van der Waals surface area contributed by atoms with Crippen LogP contribution in [0.25, 0.3) is 16.7 Å². The number of hydrogen-bond acceptors (Lipinski definition) is 7. The molecule has 1 aromatic carbocycles. The molecule has 1 aliphatic carbocycles. The monoisotopic (exact) mass is 524 g/mol. The number of carbonyl (C=O) groups is 1. The molecule has 2 aliphatic rings. The van der Waals surface area contributed by atoms with Crippen LogP contribution >= 0.6 is 0 Å². The van der Waals surface area contributed by atoms with E-state index >= 15 is 0 Å². The Balaban J connectivity index is 1.29. The zero-order valence-electron chi connectivity index (χ0n) is 21.6. The van der Waals surface area contributed by atoms with Gasteiger partial charge < -0.3 is 20.1 Å². The van der Waals surface area contributed by atoms with Gasteiger partial charge in [-0.1, -0.05) is 6.07 Å². The summed E-state index contributed by atoms with van der Waals surface area (Å²) in [6.07, 6.45) is 10.0. The van der Waals surface area contributed by atoms with Crippen LogP contribution in [0.3, 0.4) is 0 Å². The molecule has 1 saturated carbocycles. The van der Waals surface area contributed by atoms with Crippen molar-refractivity contribution in [1.82, 2.24) is 19.9 Å². The number of rotatable bonds is 7. The molecule has 2 fully saturated rings. The minimum Gasteiger partial charge on any atom is -0.371 e. The third-order valence-electron chi connectivity index (χ3n) is 7.77. The van der Waals surface area contributed by atoms with E-state index in [4.69, 9.17) is 4.98 Å². The van der Waals surface area contributed by atoms with Crippen molar-refractivity contribution < 1.29 is 13.2 Å². The maximum absolute atomic E-state index is 12.1. The number of sulfone groups is 1. The summed E-state index contributed by atoms with van der Waals surface area (Å²) in [5.41, 5.74) is 2.18. The van der Waals surface area contributed by atoms with Crippen molar-refractivity contribution in [2.45, 2.75) is 56.7 Å². The summed E-state index contributed by atoms with van der Waals surface area (Å²) in [6.45, 7) is 4.08.